The lowest BCUT2D eigenvalue weighted by atomic mass is 9.79. The van der Waals surface area contributed by atoms with Crippen molar-refractivity contribution >= 4 is 0 Å². The molecular formula is C27H30. The van der Waals surface area contributed by atoms with Crippen LogP contribution in [-0.2, 0) is 25.7 Å². The maximum Gasteiger partial charge on any atom is -0.0118 e. The van der Waals surface area contributed by atoms with Gasteiger partial charge in [0.1, 0.15) is 0 Å². The van der Waals surface area contributed by atoms with Crippen molar-refractivity contribution in [2.45, 2.75) is 58.3 Å². The van der Waals surface area contributed by atoms with Crippen LogP contribution >= 0.6 is 0 Å². The number of benzene rings is 3. The second kappa shape index (κ2) is 8.13. The van der Waals surface area contributed by atoms with E-state index in [1.54, 1.807) is 5.56 Å². The van der Waals surface area contributed by atoms with Crippen molar-refractivity contribution in [1.82, 2.24) is 0 Å². The molecule has 0 aromatic heterocycles. The molecule has 0 saturated heterocycles. The van der Waals surface area contributed by atoms with Crippen LogP contribution in [0, 0.1) is 0 Å². The molecule has 0 nitrogen and oxygen atoms in total. The first kappa shape index (κ1) is 18.0. The first-order valence-electron chi connectivity index (χ1n) is 10.6. The van der Waals surface area contributed by atoms with Gasteiger partial charge in [-0.3, -0.25) is 0 Å². The zero-order valence-electron chi connectivity index (χ0n) is 16.7. The number of fused-ring (bicyclic) bond motifs is 1. The lowest BCUT2D eigenvalue weighted by molar-refractivity contribution is 0.585. The van der Waals surface area contributed by atoms with Crippen LogP contribution in [0.1, 0.15) is 60.4 Å². The lowest BCUT2D eigenvalue weighted by Gasteiger charge is -2.26. The molecule has 3 aromatic rings. The van der Waals surface area contributed by atoms with E-state index in [-0.39, 0.29) is 0 Å². The lowest BCUT2D eigenvalue weighted by Crippen LogP contribution is -2.12. The molecule has 0 spiro atoms. The van der Waals surface area contributed by atoms with Gasteiger partial charge in [0.15, 0.2) is 0 Å². The normalized spacial score (nSPS) is 16.1. The summed E-state index contributed by atoms with van der Waals surface area (Å²) in [7, 11) is 0. The van der Waals surface area contributed by atoms with E-state index in [9.17, 15) is 0 Å². The van der Waals surface area contributed by atoms with E-state index in [0.717, 1.165) is 6.42 Å². The summed E-state index contributed by atoms with van der Waals surface area (Å²) < 4.78 is 0. The minimum Gasteiger partial charge on any atom is -0.0651 e. The van der Waals surface area contributed by atoms with Gasteiger partial charge >= 0.3 is 0 Å². The summed E-state index contributed by atoms with van der Waals surface area (Å²) in [5.41, 5.74) is 10.2. The monoisotopic (exact) mass is 354 g/mol. The third kappa shape index (κ3) is 4.00. The van der Waals surface area contributed by atoms with E-state index in [0.29, 0.717) is 5.92 Å². The smallest absolute Gasteiger partial charge is 0.0118 e. The van der Waals surface area contributed by atoms with Gasteiger partial charge in [-0.15, -0.1) is 0 Å². The van der Waals surface area contributed by atoms with E-state index in [1.807, 2.05) is 0 Å². The predicted molar refractivity (Wildman–Crippen MR) is 116 cm³/mol. The van der Waals surface area contributed by atoms with Gasteiger partial charge in [0.05, 0.1) is 0 Å². The van der Waals surface area contributed by atoms with Gasteiger partial charge in [-0.05, 0) is 77.0 Å². The van der Waals surface area contributed by atoms with E-state index < -0.39 is 0 Å². The Bertz CT molecular complexity index is 884. The largest absolute Gasteiger partial charge is 0.0651 e. The summed E-state index contributed by atoms with van der Waals surface area (Å²) in [6.45, 7) is 4.46. The standard InChI is InChI=1S/C27H30/c1-3-5-21-8-12-23(13-9-21)25-15-17-26-18-24(14-16-27(26)19-25)22-10-6-20(4-2)7-11-22/h6-13,15,17,19,24H,3-5,14,16,18H2,1-2H3. The summed E-state index contributed by atoms with van der Waals surface area (Å²) in [5, 5.41) is 0. The molecule has 3 aromatic carbocycles. The molecule has 0 heteroatoms. The van der Waals surface area contributed by atoms with Crippen LogP contribution in [0.3, 0.4) is 0 Å². The summed E-state index contributed by atoms with van der Waals surface area (Å²) in [6.07, 6.45) is 7.13. The fourth-order valence-corrected chi connectivity index (χ4v) is 4.40. The average Bonchev–Trinajstić information content (AvgIpc) is 2.74. The molecule has 0 amide bonds. The molecule has 1 aliphatic carbocycles. The molecule has 27 heavy (non-hydrogen) atoms. The topological polar surface area (TPSA) is 0 Å². The van der Waals surface area contributed by atoms with Crippen molar-refractivity contribution in [3.8, 4) is 11.1 Å². The van der Waals surface area contributed by atoms with E-state index >= 15 is 0 Å². The molecule has 0 N–H and O–H groups in total. The fraction of sp³-hybridized carbons (Fsp3) is 0.333. The van der Waals surface area contributed by atoms with Gasteiger partial charge in [0.2, 0.25) is 0 Å². The van der Waals surface area contributed by atoms with Crippen LogP contribution in [0.15, 0.2) is 66.7 Å². The van der Waals surface area contributed by atoms with Crippen molar-refractivity contribution in [2.24, 2.45) is 0 Å². The Labute approximate surface area is 164 Å². The van der Waals surface area contributed by atoms with Crippen LogP contribution < -0.4 is 0 Å². The zero-order chi connectivity index (χ0) is 18.6. The molecular weight excluding hydrogens is 324 g/mol. The fourth-order valence-electron chi connectivity index (χ4n) is 4.40. The van der Waals surface area contributed by atoms with Crippen molar-refractivity contribution in [3.05, 3.63) is 94.5 Å². The summed E-state index contributed by atoms with van der Waals surface area (Å²) >= 11 is 0. The maximum atomic E-state index is 2.43. The highest BCUT2D eigenvalue weighted by molar-refractivity contribution is 5.65. The Morgan fingerprint density at radius 2 is 1.44 bits per heavy atom. The molecule has 0 aliphatic heterocycles. The quantitative estimate of drug-likeness (QED) is 0.457. The van der Waals surface area contributed by atoms with Crippen LogP contribution in [0.4, 0.5) is 0 Å². The number of hydrogen-bond donors (Lipinski definition) is 0. The first-order chi connectivity index (χ1) is 13.3. The third-order valence-electron chi connectivity index (χ3n) is 6.12. The van der Waals surface area contributed by atoms with E-state index in [2.05, 4.69) is 80.6 Å². The van der Waals surface area contributed by atoms with Gasteiger partial charge in [0.25, 0.3) is 0 Å². The Kier molecular flexibility index (Phi) is 5.43. The summed E-state index contributed by atoms with van der Waals surface area (Å²) in [5.74, 6) is 0.669. The molecule has 0 heterocycles. The molecule has 4 rings (SSSR count). The van der Waals surface area contributed by atoms with Gasteiger partial charge in [-0.2, -0.15) is 0 Å². The third-order valence-corrected chi connectivity index (χ3v) is 6.12. The van der Waals surface area contributed by atoms with Crippen molar-refractivity contribution in [2.75, 3.05) is 0 Å². The van der Waals surface area contributed by atoms with E-state index in [1.165, 1.54) is 65.5 Å². The molecule has 0 saturated carbocycles. The number of hydrogen-bond acceptors (Lipinski definition) is 0. The highest BCUT2D eigenvalue weighted by Gasteiger charge is 2.20. The maximum absolute atomic E-state index is 2.43. The van der Waals surface area contributed by atoms with Gasteiger partial charge in [-0.25, -0.2) is 0 Å². The Morgan fingerprint density at radius 3 is 2.15 bits per heavy atom. The molecule has 0 radical (unpaired) electrons. The van der Waals surface area contributed by atoms with Crippen LogP contribution in [0.25, 0.3) is 11.1 Å². The zero-order valence-corrected chi connectivity index (χ0v) is 16.7. The molecule has 0 fully saturated rings. The molecule has 138 valence electrons. The van der Waals surface area contributed by atoms with Crippen molar-refractivity contribution in [3.63, 3.8) is 0 Å². The SMILES string of the molecule is CCCc1ccc(-c2ccc3c(c2)CCC(c2ccc(CC)cc2)C3)cc1. The summed E-state index contributed by atoms with van der Waals surface area (Å²) in [6, 6.07) is 25.6. The molecule has 1 atom stereocenters. The van der Waals surface area contributed by atoms with Crippen molar-refractivity contribution in [1.29, 1.82) is 0 Å². The second-order valence-corrected chi connectivity index (χ2v) is 7.97. The number of rotatable bonds is 5. The summed E-state index contributed by atoms with van der Waals surface area (Å²) in [4.78, 5) is 0. The number of aryl methyl sites for hydroxylation is 3. The minimum atomic E-state index is 0.669. The minimum absolute atomic E-state index is 0.669. The Balaban J connectivity index is 1.52. The van der Waals surface area contributed by atoms with Crippen LogP contribution in [0.5, 0.6) is 0 Å². The van der Waals surface area contributed by atoms with Gasteiger partial charge < -0.3 is 0 Å². The Morgan fingerprint density at radius 1 is 0.741 bits per heavy atom. The first-order valence-corrected chi connectivity index (χ1v) is 10.6. The van der Waals surface area contributed by atoms with Gasteiger partial charge in [0, 0.05) is 0 Å². The highest BCUT2D eigenvalue weighted by Crippen LogP contribution is 2.35. The van der Waals surface area contributed by atoms with Crippen LogP contribution in [-0.4, -0.2) is 0 Å². The van der Waals surface area contributed by atoms with Gasteiger partial charge in [-0.1, -0.05) is 87.0 Å². The second-order valence-electron chi connectivity index (χ2n) is 7.97. The van der Waals surface area contributed by atoms with Crippen LogP contribution in [0.2, 0.25) is 0 Å². The average molecular weight is 355 g/mol. The predicted octanol–water partition coefficient (Wildman–Crippen LogP) is 7.14. The highest BCUT2D eigenvalue weighted by atomic mass is 14.2. The Hall–Kier alpha value is -2.34. The van der Waals surface area contributed by atoms with Crippen molar-refractivity contribution < 1.29 is 0 Å². The molecule has 1 unspecified atom stereocenters. The molecule has 1 aliphatic rings. The van der Waals surface area contributed by atoms with E-state index in [4.69, 9.17) is 0 Å². The molecule has 0 bridgehead atoms.